The topological polar surface area (TPSA) is 84.7 Å². The number of fused-ring (bicyclic) bond motifs is 1. The number of likely N-dealkylation sites (tertiary alicyclic amines) is 1. The van der Waals surface area contributed by atoms with Gasteiger partial charge >= 0.3 is 0 Å². The fourth-order valence-electron chi connectivity index (χ4n) is 2.78. The van der Waals surface area contributed by atoms with Gasteiger partial charge in [0.05, 0.1) is 11.3 Å². The average Bonchev–Trinajstić information content (AvgIpc) is 2.96. The van der Waals surface area contributed by atoms with Crippen molar-refractivity contribution in [1.82, 2.24) is 4.90 Å². The van der Waals surface area contributed by atoms with Crippen LogP contribution in [0.25, 0.3) is 0 Å². The first-order valence-corrected chi connectivity index (χ1v) is 7.20. The molecule has 22 heavy (non-hydrogen) atoms. The van der Waals surface area contributed by atoms with Gasteiger partial charge in [0.2, 0.25) is 0 Å². The summed E-state index contributed by atoms with van der Waals surface area (Å²) in [7, 11) is 0. The summed E-state index contributed by atoms with van der Waals surface area (Å²) in [5.74, 6) is 0.571. The third-order valence-corrected chi connectivity index (χ3v) is 4.07. The Labute approximate surface area is 135 Å². The second kappa shape index (κ2) is 6.54. The molecule has 6 nitrogen and oxygen atoms in total. The Morgan fingerprint density at radius 2 is 2.27 bits per heavy atom. The maximum Gasteiger partial charge on any atom is 0.265 e. The smallest absolute Gasteiger partial charge is 0.265 e. The van der Waals surface area contributed by atoms with Gasteiger partial charge in [0.25, 0.3) is 11.8 Å². The summed E-state index contributed by atoms with van der Waals surface area (Å²) in [5.41, 5.74) is 6.72. The zero-order valence-electron chi connectivity index (χ0n) is 12.4. The number of nitrogens with zero attached hydrogens (tertiary/aromatic N) is 1. The Bertz CT molecular complexity index is 593. The number of amides is 2. The summed E-state index contributed by atoms with van der Waals surface area (Å²) in [5, 5.41) is 2.76. The molecule has 2 heterocycles. The van der Waals surface area contributed by atoms with Crippen LogP contribution in [0.5, 0.6) is 5.75 Å². The van der Waals surface area contributed by atoms with E-state index >= 15 is 0 Å². The quantitative estimate of drug-likeness (QED) is 0.857. The van der Waals surface area contributed by atoms with Crippen LogP contribution in [0.3, 0.4) is 0 Å². The molecule has 7 heteroatoms. The van der Waals surface area contributed by atoms with Gasteiger partial charge in [-0.05, 0) is 37.9 Å². The molecule has 0 aliphatic carbocycles. The minimum atomic E-state index is -0.596. The van der Waals surface area contributed by atoms with Crippen molar-refractivity contribution >= 4 is 29.9 Å². The summed E-state index contributed by atoms with van der Waals surface area (Å²) < 4.78 is 5.62. The van der Waals surface area contributed by atoms with Crippen molar-refractivity contribution in [2.75, 3.05) is 25.0 Å². The maximum atomic E-state index is 12.7. The van der Waals surface area contributed by atoms with Crippen molar-refractivity contribution in [1.29, 1.82) is 0 Å². The van der Waals surface area contributed by atoms with E-state index in [1.807, 2.05) is 0 Å². The molecule has 1 fully saturated rings. The number of halogens is 1. The fourth-order valence-corrected chi connectivity index (χ4v) is 2.78. The van der Waals surface area contributed by atoms with E-state index in [1.165, 1.54) is 0 Å². The highest BCUT2D eigenvalue weighted by Crippen LogP contribution is 2.34. The van der Waals surface area contributed by atoms with Crippen molar-refractivity contribution < 1.29 is 14.3 Å². The fraction of sp³-hybridized carbons (Fsp3) is 0.467. The molecule has 1 aromatic rings. The average molecular weight is 326 g/mol. The molecule has 120 valence electrons. The number of hydrogen-bond donors (Lipinski definition) is 2. The van der Waals surface area contributed by atoms with E-state index in [0.29, 0.717) is 42.6 Å². The molecule has 3 rings (SSSR count). The lowest BCUT2D eigenvalue weighted by atomic mass is 10.1. The summed E-state index contributed by atoms with van der Waals surface area (Å²) in [4.78, 5) is 26.1. The number of rotatable bonds is 2. The number of carbonyl (C=O) groups excluding carboxylic acids is 2. The number of benzene rings is 1. The van der Waals surface area contributed by atoms with Gasteiger partial charge in [-0.3, -0.25) is 9.59 Å². The van der Waals surface area contributed by atoms with Crippen molar-refractivity contribution in [3.63, 3.8) is 0 Å². The first kappa shape index (κ1) is 16.6. The lowest BCUT2D eigenvalue weighted by molar-refractivity contribution is -0.122. The van der Waals surface area contributed by atoms with Gasteiger partial charge in [-0.1, -0.05) is 6.07 Å². The zero-order chi connectivity index (χ0) is 15.0. The highest BCUT2D eigenvalue weighted by Gasteiger charge is 2.31. The Morgan fingerprint density at radius 3 is 2.95 bits per heavy atom. The van der Waals surface area contributed by atoms with Gasteiger partial charge in [0.1, 0.15) is 0 Å². The van der Waals surface area contributed by atoms with Crippen LogP contribution in [-0.4, -0.2) is 42.5 Å². The van der Waals surface area contributed by atoms with E-state index < -0.39 is 6.10 Å². The first-order valence-electron chi connectivity index (χ1n) is 7.20. The van der Waals surface area contributed by atoms with Crippen LogP contribution in [0.1, 0.15) is 23.7 Å². The van der Waals surface area contributed by atoms with E-state index in [9.17, 15) is 9.59 Å². The van der Waals surface area contributed by atoms with Crippen LogP contribution >= 0.6 is 12.4 Å². The molecule has 2 unspecified atom stereocenters. The van der Waals surface area contributed by atoms with Crippen LogP contribution in [0.4, 0.5) is 5.69 Å². The van der Waals surface area contributed by atoms with Crippen molar-refractivity contribution in [2.45, 2.75) is 19.4 Å². The maximum absolute atomic E-state index is 12.7. The highest BCUT2D eigenvalue weighted by atomic mass is 35.5. The van der Waals surface area contributed by atoms with E-state index in [-0.39, 0.29) is 24.2 Å². The lowest BCUT2D eigenvalue weighted by Crippen LogP contribution is -2.36. The monoisotopic (exact) mass is 325 g/mol. The van der Waals surface area contributed by atoms with Gasteiger partial charge in [0.15, 0.2) is 11.9 Å². The van der Waals surface area contributed by atoms with Gasteiger partial charge in [-0.2, -0.15) is 0 Å². The molecule has 2 aliphatic rings. The van der Waals surface area contributed by atoms with E-state index in [4.69, 9.17) is 10.5 Å². The second-order valence-corrected chi connectivity index (χ2v) is 5.57. The van der Waals surface area contributed by atoms with E-state index in [2.05, 4.69) is 5.32 Å². The second-order valence-electron chi connectivity index (χ2n) is 5.57. The first-order chi connectivity index (χ1) is 10.1. The molecule has 1 aromatic carbocycles. The van der Waals surface area contributed by atoms with Gasteiger partial charge in [-0.25, -0.2) is 0 Å². The summed E-state index contributed by atoms with van der Waals surface area (Å²) in [6.07, 6.45) is 0.340. The third-order valence-electron chi connectivity index (χ3n) is 4.07. The van der Waals surface area contributed by atoms with Crippen LogP contribution < -0.4 is 15.8 Å². The van der Waals surface area contributed by atoms with Crippen LogP contribution in [0.2, 0.25) is 0 Å². The number of para-hydroxylation sites is 1. The predicted octanol–water partition coefficient (Wildman–Crippen LogP) is 1.25. The minimum absolute atomic E-state index is 0. The summed E-state index contributed by atoms with van der Waals surface area (Å²) in [6.45, 7) is 3.66. The van der Waals surface area contributed by atoms with Gasteiger partial charge in [-0.15, -0.1) is 12.4 Å². The van der Waals surface area contributed by atoms with Crippen molar-refractivity contribution in [2.24, 2.45) is 11.7 Å². The predicted molar refractivity (Wildman–Crippen MR) is 85.5 cm³/mol. The largest absolute Gasteiger partial charge is 0.478 e. The molecule has 2 atom stereocenters. The molecule has 0 aromatic heterocycles. The lowest BCUT2D eigenvalue weighted by Gasteiger charge is -2.26. The number of nitrogens with one attached hydrogen (secondary N) is 1. The number of ether oxygens (including phenoxy) is 1. The molecule has 1 saturated heterocycles. The van der Waals surface area contributed by atoms with Crippen molar-refractivity contribution in [3.8, 4) is 5.75 Å². The SMILES string of the molecule is CC1Oc2c(cccc2C(=O)N2CCC(CN)C2)NC1=O.Cl. The highest BCUT2D eigenvalue weighted by molar-refractivity contribution is 6.04. The van der Waals surface area contributed by atoms with Crippen LogP contribution in [0.15, 0.2) is 18.2 Å². The molecule has 0 radical (unpaired) electrons. The molecule has 0 saturated carbocycles. The molecular formula is C15H20ClN3O3. The third kappa shape index (κ3) is 2.89. The Morgan fingerprint density at radius 1 is 1.50 bits per heavy atom. The number of nitrogens with two attached hydrogens (primary N) is 1. The van der Waals surface area contributed by atoms with E-state index in [0.717, 1.165) is 6.42 Å². The van der Waals surface area contributed by atoms with Crippen LogP contribution in [-0.2, 0) is 4.79 Å². The van der Waals surface area contributed by atoms with Gasteiger partial charge in [0, 0.05) is 13.1 Å². The van der Waals surface area contributed by atoms with Crippen LogP contribution in [0, 0.1) is 5.92 Å². The zero-order valence-corrected chi connectivity index (χ0v) is 13.2. The molecular weight excluding hydrogens is 306 g/mol. The molecule has 2 amide bonds. The Balaban J connectivity index is 0.00000176. The molecule has 0 spiro atoms. The van der Waals surface area contributed by atoms with Gasteiger partial charge < -0.3 is 20.7 Å². The minimum Gasteiger partial charge on any atom is -0.478 e. The summed E-state index contributed by atoms with van der Waals surface area (Å²) >= 11 is 0. The Hall–Kier alpha value is -1.79. The molecule has 0 bridgehead atoms. The number of anilines is 1. The van der Waals surface area contributed by atoms with Crippen molar-refractivity contribution in [3.05, 3.63) is 23.8 Å². The normalized spacial score (nSPS) is 23.2. The number of hydrogen-bond acceptors (Lipinski definition) is 4. The molecule has 3 N–H and O–H groups in total. The number of carbonyl (C=O) groups is 2. The summed E-state index contributed by atoms with van der Waals surface area (Å²) in [6, 6.07) is 5.23. The van der Waals surface area contributed by atoms with E-state index in [1.54, 1.807) is 30.0 Å². The Kier molecular flexibility index (Phi) is 4.93. The standard InChI is InChI=1S/C15H19N3O3.ClH/c1-9-14(19)17-12-4-2-3-11(13(12)21-9)15(20)18-6-5-10(7-16)8-18;/h2-4,9-10H,5-8,16H2,1H3,(H,17,19);1H. The molecule has 2 aliphatic heterocycles.